The number of carbonyl (C=O) groups excluding carboxylic acids is 1. The first kappa shape index (κ1) is 22.1. The summed E-state index contributed by atoms with van der Waals surface area (Å²) in [6.07, 6.45) is -0.0446. The highest BCUT2D eigenvalue weighted by Gasteiger charge is 2.35. The molecule has 3 heterocycles. The van der Waals surface area contributed by atoms with Gasteiger partial charge in [-0.1, -0.05) is 0 Å². The van der Waals surface area contributed by atoms with Crippen LogP contribution in [0.3, 0.4) is 0 Å². The Balaban J connectivity index is 1.65. The summed E-state index contributed by atoms with van der Waals surface area (Å²) in [5, 5.41) is 6.55. The Morgan fingerprint density at radius 1 is 1.23 bits per heavy atom. The van der Waals surface area contributed by atoms with Crippen LogP contribution in [0.1, 0.15) is 45.2 Å². The molecule has 164 valence electrons. The molecule has 0 atom stereocenters. The largest absolute Gasteiger partial charge is 0.444 e. The Bertz CT molecular complexity index is 904. The molecule has 1 N–H and O–H groups in total. The van der Waals surface area contributed by atoms with Gasteiger partial charge in [0.05, 0.1) is 17.9 Å². The fraction of sp³-hybridized carbons (Fsp3) is 0.556. The Kier molecular flexibility index (Phi) is 6.11. The van der Waals surface area contributed by atoms with Crippen LogP contribution in [0.15, 0.2) is 18.6 Å². The molecule has 1 aliphatic rings. The molecule has 3 rings (SSSR count). The van der Waals surface area contributed by atoms with Gasteiger partial charge in [-0.25, -0.2) is 9.78 Å². The molecule has 2 aromatic heterocycles. The maximum Gasteiger partial charge on any atom is 0.421 e. The predicted octanol–water partition coefficient (Wildman–Crippen LogP) is 4.66. The zero-order chi connectivity index (χ0) is 22.1. The number of halogens is 4. The molecule has 1 fully saturated rings. The topological polar surface area (TPSA) is 85.2 Å². The van der Waals surface area contributed by atoms with Crippen LogP contribution in [-0.4, -0.2) is 49.4 Å². The van der Waals surface area contributed by atoms with E-state index in [0.717, 1.165) is 0 Å². The number of amides is 1. The van der Waals surface area contributed by atoms with Gasteiger partial charge in [0.1, 0.15) is 17.0 Å². The van der Waals surface area contributed by atoms with Gasteiger partial charge in [-0.15, -0.1) is 0 Å². The zero-order valence-electron chi connectivity index (χ0n) is 16.7. The van der Waals surface area contributed by atoms with Gasteiger partial charge in [0.15, 0.2) is 0 Å². The summed E-state index contributed by atoms with van der Waals surface area (Å²) in [5.74, 6) is -0.443. The number of piperidine rings is 1. The van der Waals surface area contributed by atoms with Crippen LogP contribution in [0.25, 0.3) is 0 Å². The molecule has 2 aromatic rings. The summed E-state index contributed by atoms with van der Waals surface area (Å²) in [5.41, 5.74) is -1.24. The maximum atomic E-state index is 13.2. The average molecular weight is 447 g/mol. The Morgan fingerprint density at radius 3 is 2.50 bits per heavy atom. The molecule has 0 aliphatic carbocycles. The zero-order valence-corrected chi connectivity index (χ0v) is 17.5. The van der Waals surface area contributed by atoms with Crippen molar-refractivity contribution in [3.63, 3.8) is 0 Å². The van der Waals surface area contributed by atoms with Crippen molar-refractivity contribution < 1.29 is 22.7 Å². The molecule has 1 aliphatic heterocycles. The van der Waals surface area contributed by atoms with E-state index in [1.54, 1.807) is 15.8 Å². The normalized spacial score (nSPS) is 15.9. The highest BCUT2D eigenvalue weighted by atomic mass is 35.5. The van der Waals surface area contributed by atoms with Gasteiger partial charge in [0.25, 0.3) is 0 Å². The van der Waals surface area contributed by atoms with Crippen LogP contribution < -0.4 is 5.32 Å². The fourth-order valence-electron chi connectivity index (χ4n) is 3.04. The van der Waals surface area contributed by atoms with E-state index in [-0.39, 0.29) is 17.4 Å². The first-order chi connectivity index (χ1) is 13.9. The van der Waals surface area contributed by atoms with E-state index < -0.39 is 23.2 Å². The molecule has 0 unspecified atom stereocenters. The molecule has 0 radical (unpaired) electrons. The second kappa shape index (κ2) is 8.29. The SMILES string of the molecule is CC(C)(C)OC(=O)N1CCC(n2cc(Nc3nc(Cl)ncc3C(F)(F)F)cn2)CC1. The first-order valence-electron chi connectivity index (χ1n) is 9.31. The van der Waals surface area contributed by atoms with Gasteiger partial charge in [0, 0.05) is 25.5 Å². The minimum absolute atomic E-state index is 0.00955. The Hall–Kier alpha value is -2.56. The van der Waals surface area contributed by atoms with Gasteiger partial charge in [-0.3, -0.25) is 4.68 Å². The molecule has 0 bridgehead atoms. The van der Waals surface area contributed by atoms with Crippen LogP contribution in [-0.2, 0) is 10.9 Å². The summed E-state index contributed by atoms with van der Waals surface area (Å²) in [6, 6.07) is 0.00955. The maximum absolute atomic E-state index is 13.2. The van der Waals surface area contributed by atoms with Crippen molar-refractivity contribution in [1.29, 1.82) is 0 Å². The number of ether oxygens (including phenoxy) is 1. The van der Waals surface area contributed by atoms with E-state index >= 15 is 0 Å². The summed E-state index contributed by atoms with van der Waals surface area (Å²) in [6.45, 7) is 6.44. The Morgan fingerprint density at radius 2 is 1.90 bits per heavy atom. The molecule has 8 nitrogen and oxygen atoms in total. The van der Waals surface area contributed by atoms with Crippen LogP contribution in [0, 0.1) is 0 Å². The molecular formula is C18H22ClF3N6O2. The number of nitrogens with zero attached hydrogens (tertiary/aromatic N) is 5. The predicted molar refractivity (Wildman–Crippen MR) is 104 cm³/mol. The lowest BCUT2D eigenvalue weighted by Gasteiger charge is -2.33. The summed E-state index contributed by atoms with van der Waals surface area (Å²) < 4.78 is 46.5. The molecule has 30 heavy (non-hydrogen) atoms. The van der Waals surface area contributed by atoms with Gasteiger partial charge in [-0.05, 0) is 45.2 Å². The third kappa shape index (κ3) is 5.53. The van der Waals surface area contributed by atoms with Crippen LogP contribution in [0.4, 0.5) is 29.5 Å². The molecule has 1 amide bonds. The fourth-order valence-corrected chi connectivity index (χ4v) is 3.17. The van der Waals surface area contributed by atoms with E-state index in [0.29, 0.717) is 37.8 Å². The highest BCUT2D eigenvalue weighted by molar-refractivity contribution is 6.28. The quantitative estimate of drug-likeness (QED) is 0.690. The molecule has 0 spiro atoms. The Labute approximate surface area is 176 Å². The third-order valence-corrected chi connectivity index (χ3v) is 4.60. The highest BCUT2D eigenvalue weighted by Crippen LogP contribution is 2.35. The summed E-state index contributed by atoms with van der Waals surface area (Å²) in [7, 11) is 0. The van der Waals surface area contributed by atoms with Crippen LogP contribution in [0.2, 0.25) is 5.28 Å². The van der Waals surface area contributed by atoms with Crippen molar-refractivity contribution >= 4 is 29.2 Å². The number of hydrogen-bond acceptors (Lipinski definition) is 6. The third-order valence-electron chi connectivity index (χ3n) is 4.42. The standard InChI is InChI=1S/C18H22ClF3N6O2/c1-17(2,3)30-16(29)27-6-4-12(5-7-27)28-10-11(8-24-28)25-14-13(18(20,21)22)9-23-15(19)26-14/h8-10,12H,4-7H2,1-3H3,(H,23,25,26). The smallest absolute Gasteiger partial charge is 0.421 e. The number of nitrogens with one attached hydrogen (secondary N) is 1. The van der Waals surface area contributed by atoms with E-state index in [2.05, 4.69) is 20.4 Å². The lowest BCUT2D eigenvalue weighted by molar-refractivity contribution is -0.137. The van der Waals surface area contributed by atoms with Crippen molar-refractivity contribution in [2.75, 3.05) is 18.4 Å². The number of aromatic nitrogens is 4. The summed E-state index contributed by atoms with van der Waals surface area (Å²) in [4.78, 5) is 20.8. The van der Waals surface area contributed by atoms with Gasteiger partial charge >= 0.3 is 12.3 Å². The minimum Gasteiger partial charge on any atom is -0.444 e. The molecular weight excluding hydrogens is 425 g/mol. The number of hydrogen-bond donors (Lipinski definition) is 1. The number of likely N-dealkylation sites (tertiary alicyclic amines) is 1. The summed E-state index contributed by atoms with van der Waals surface area (Å²) >= 11 is 5.65. The minimum atomic E-state index is -4.63. The molecule has 0 saturated carbocycles. The van der Waals surface area contributed by atoms with Gasteiger partial charge in [0.2, 0.25) is 5.28 Å². The number of anilines is 2. The average Bonchev–Trinajstić information content (AvgIpc) is 3.08. The van der Waals surface area contributed by atoms with E-state index in [9.17, 15) is 18.0 Å². The van der Waals surface area contributed by atoms with Crippen molar-refractivity contribution in [3.05, 3.63) is 29.4 Å². The second-order valence-corrected chi connectivity index (χ2v) is 8.27. The van der Waals surface area contributed by atoms with Crippen molar-refractivity contribution in [1.82, 2.24) is 24.6 Å². The second-order valence-electron chi connectivity index (χ2n) is 7.93. The van der Waals surface area contributed by atoms with E-state index in [1.165, 1.54) is 6.20 Å². The van der Waals surface area contributed by atoms with E-state index in [4.69, 9.17) is 16.3 Å². The lowest BCUT2D eigenvalue weighted by Crippen LogP contribution is -2.42. The van der Waals surface area contributed by atoms with E-state index in [1.807, 2.05) is 20.8 Å². The monoisotopic (exact) mass is 446 g/mol. The lowest BCUT2D eigenvalue weighted by atomic mass is 10.1. The van der Waals surface area contributed by atoms with Crippen molar-refractivity contribution in [3.8, 4) is 0 Å². The molecule has 0 aromatic carbocycles. The molecule has 1 saturated heterocycles. The number of rotatable bonds is 3. The van der Waals surface area contributed by atoms with Gasteiger partial charge in [-0.2, -0.15) is 23.3 Å². The van der Waals surface area contributed by atoms with Gasteiger partial charge < -0.3 is 15.0 Å². The number of alkyl halides is 3. The van der Waals surface area contributed by atoms with Crippen molar-refractivity contribution in [2.24, 2.45) is 0 Å². The van der Waals surface area contributed by atoms with Crippen LogP contribution >= 0.6 is 11.6 Å². The van der Waals surface area contributed by atoms with Crippen LogP contribution in [0.5, 0.6) is 0 Å². The van der Waals surface area contributed by atoms with Crippen molar-refractivity contribution in [2.45, 2.75) is 51.4 Å². The molecule has 12 heteroatoms. The first-order valence-corrected chi connectivity index (χ1v) is 9.69. The number of carbonyl (C=O) groups is 1.